The first-order valence-corrected chi connectivity index (χ1v) is 10.1. The van der Waals surface area contributed by atoms with Gasteiger partial charge in [0.2, 0.25) is 0 Å². The molecule has 0 spiro atoms. The Hall–Kier alpha value is -4.04. The van der Waals surface area contributed by atoms with Crippen molar-refractivity contribution in [2.75, 3.05) is 0 Å². The van der Waals surface area contributed by atoms with Gasteiger partial charge in [-0.1, -0.05) is 66.7 Å². The maximum atomic E-state index is 6.26. The average Bonchev–Trinajstić information content (AvgIpc) is 3.18. The van der Waals surface area contributed by atoms with E-state index in [1.54, 1.807) is 0 Å². The molecule has 30 heavy (non-hydrogen) atoms. The molecular formula is C28H16O2. The monoisotopic (exact) mass is 384 g/mol. The molecule has 0 bridgehead atoms. The number of rotatable bonds is 1. The molecule has 0 radical (unpaired) electrons. The Morgan fingerprint density at radius 1 is 0.500 bits per heavy atom. The molecule has 2 nitrogen and oxygen atoms in total. The van der Waals surface area contributed by atoms with Crippen LogP contribution in [0.3, 0.4) is 0 Å². The lowest BCUT2D eigenvalue weighted by molar-refractivity contribution is 0.487. The van der Waals surface area contributed by atoms with E-state index in [2.05, 4.69) is 66.7 Å². The van der Waals surface area contributed by atoms with Crippen molar-refractivity contribution in [3.05, 3.63) is 97.1 Å². The zero-order chi connectivity index (χ0) is 19.7. The highest BCUT2D eigenvalue weighted by Gasteiger charge is 2.21. The van der Waals surface area contributed by atoms with Gasteiger partial charge in [-0.05, 0) is 52.4 Å². The average molecular weight is 384 g/mol. The van der Waals surface area contributed by atoms with Crippen LogP contribution in [0, 0.1) is 0 Å². The Morgan fingerprint density at radius 3 is 2.27 bits per heavy atom. The van der Waals surface area contributed by atoms with Gasteiger partial charge in [0.15, 0.2) is 0 Å². The highest BCUT2D eigenvalue weighted by molar-refractivity contribution is 6.13. The molecule has 7 rings (SSSR count). The van der Waals surface area contributed by atoms with Gasteiger partial charge < -0.3 is 9.15 Å². The molecule has 0 aliphatic carbocycles. The summed E-state index contributed by atoms with van der Waals surface area (Å²) in [5, 5.41) is 4.67. The van der Waals surface area contributed by atoms with E-state index in [4.69, 9.17) is 9.15 Å². The lowest BCUT2D eigenvalue weighted by atomic mass is 9.91. The molecule has 0 atom stereocenters. The van der Waals surface area contributed by atoms with E-state index >= 15 is 0 Å². The second-order valence-electron chi connectivity index (χ2n) is 7.75. The summed E-state index contributed by atoms with van der Waals surface area (Å²) in [5.74, 6) is 1.82. The molecule has 6 aromatic rings. The Morgan fingerprint density at radius 2 is 1.30 bits per heavy atom. The Bertz CT molecular complexity index is 1620. The maximum absolute atomic E-state index is 6.26. The Labute approximate surface area is 172 Å². The summed E-state index contributed by atoms with van der Waals surface area (Å²) in [6.45, 7) is 0. The molecule has 1 aromatic heterocycles. The van der Waals surface area contributed by atoms with Gasteiger partial charge >= 0.3 is 0 Å². The van der Waals surface area contributed by atoms with Crippen molar-refractivity contribution < 1.29 is 9.15 Å². The smallest absolute Gasteiger partial charge is 0.136 e. The molecule has 5 aromatic carbocycles. The number of furan rings is 1. The molecule has 1 aliphatic heterocycles. The Balaban J connectivity index is 1.52. The fourth-order valence-electron chi connectivity index (χ4n) is 4.75. The minimum atomic E-state index is 0.897. The lowest BCUT2D eigenvalue weighted by Gasteiger charge is -2.22. The first-order chi connectivity index (χ1) is 14.9. The topological polar surface area (TPSA) is 22.4 Å². The van der Waals surface area contributed by atoms with Crippen molar-refractivity contribution >= 4 is 32.7 Å². The highest BCUT2D eigenvalue weighted by Crippen LogP contribution is 2.48. The zero-order valence-electron chi connectivity index (χ0n) is 16.1. The number of benzene rings is 5. The summed E-state index contributed by atoms with van der Waals surface area (Å²) >= 11 is 0. The van der Waals surface area contributed by atoms with E-state index in [1.807, 2.05) is 30.3 Å². The fourth-order valence-corrected chi connectivity index (χ4v) is 4.75. The molecule has 0 unspecified atom stereocenters. The normalized spacial score (nSPS) is 12.3. The van der Waals surface area contributed by atoms with E-state index in [1.165, 1.54) is 21.9 Å². The summed E-state index contributed by atoms with van der Waals surface area (Å²) in [7, 11) is 0. The first-order valence-electron chi connectivity index (χ1n) is 10.1. The van der Waals surface area contributed by atoms with Crippen LogP contribution in [-0.4, -0.2) is 0 Å². The van der Waals surface area contributed by atoms with Crippen LogP contribution in [0.25, 0.3) is 55.0 Å². The van der Waals surface area contributed by atoms with Crippen molar-refractivity contribution in [1.82, 2.24) is 0 Å². The second kappa shape index (κ2) is 5.74. The molecule has 2 heterocycles. The molecule has 0 N–H and O–H groups in total. The van der Waals surface area contributed by atoms with Gasteiger partial charge in [0.1, 0.15) is 22.7 Å². The van der Waals surface area contributed by atoms with Crippen LogP contribution >= 0.6 is 0 Å². The number of fused-ring (bicyclic) bond motifs is 5. The SMILES string of the molecule is c1cc2c3c(cccc3c1)-c1cc(-c3cccc4oc5ccccc5c34)ccc1O2. The molecule has 0 saturated heterocycles. The summed E-state index contributed by atoms with van der Waals surface area (Å²) in [4.78, 5) is 0. The third-order valence-electron chi connectivity index (χ3n) is 6.07. The quantitative estimate of drug-likeness (QED) is 0.285. The van der Waals surface area contributed by atoms with Crippen LogP contribution in [-0.2, 0) is 0 Å². The zero-order valence-corrected chi connectivity index (χ0v) is 16.1. The van der Waals surface area contributed by atoms with Crippen LogP contribution in [0.5, 0.6) is 11.5 Å². The van der Waals surface area contributed by atoms with E-state index in [0.29, 0.717) is 0 Å². The number of para-hydroxylation sites is 1. The summed E-state index contributed by atoms with van der Waals surface area (Å²) < 4.78 is 12.4. The van der Waals surface area contributed by atoms with Crippen LogP contribution in [0.1, 0.15) is 0 Å². The van der Waals surface area contributed by atoms with Gasteiger partial charge in [-0.3, -0.25) is 0 Å². The largest absolute Gasteiger partial charge is 0.456 e. The van der Waals surface area contributed by atoms with Crippen LogP contribution < -0.4 is 4.74 Å². The number of hydrogen-bond donors (Lipinski definition) is 0. The van der Waals surface area contributed by atoms with Gasteiger partial charge in [0, 0.05) is 21.7 Å². The third kappa shape index (κ3) is 2.08. The van der Waals surface area contributed by atoms with E-state index in [9.17, 15) is 0 Å². The standard InChI is InChI=1S/C28H16O2/c1-2-11-23-21(8-1)28-19(9-5-13-26(28)29-23)18-14-15-24-22(16-18)20-10-3-6-17-7-4-12-25(30-24)27(17)20/h1-16H. The molecule has 0 saturated carbocycles. The van der Waals surface area contributed by atoms with Crippen LogP contribution in [0.2, 0.25) is 0 Å². The van der Waals surface area contributed by atoms with Gasteiger partial charge in [0.25, 0.3) is 0 Å². The van der Waals surface area contributed by atoms with Crippen molar-refractivity contribution in [3.63, 3.8) is 0 Å². The molecule has 0 fully saturated rings. The number of ether oxygens (including phenoxy) is 1. The minimum Gasteiger partial charge on any atom is -0.456 e. The van der Waals surface area contributed by atoms with Gasteiger partial charge in [0.05, 0.1) is 0 Å². The van der Waals surface area contributed by atoms with Crippen molar-refractivity contribution in [2.24, 2.45) is 0 Å². The van der Waals surface area contributed by atoms with E-state index in [0.717, 1.165) is 44.6 Å². The van der Waals surface area contributed by atoms with Crippen LogP contribution in [0.15, 0.2) is 101 Å². The summed E-state index contributed by atoms with van der Waals surface area (Å²) in [6, 6.07) is 33.6. The second-order valence-corrected chi connectivity index (χ2v) is 7.75. The van der Waals surface area contributed by atoms with Crippen molar-refractivity contribution in [2.45, 2.75) is 0 Å². The predicted molar refractivity (Wildman–Crippen MR) is 122 cm³/mol. The highest BCUT2D eigenvalue weighted by atomic mass is 16.5. The predicted octanol–water partition coefficient (Wildman–Crippen LogP) is 8.18. The van der Waals surface area contributed by atoms with Crippen molar-refractivity contribution in [1.29, 1.82) is 0 Å². The molecule has 0 amide bonds. The molecular weight excluding hydrogens is 368 g/mol. The summed E-state index contributed by atoms with van der Waals surface area (Å²) in [6.07, 6.45) is 0. The molecule has 2 heteroatoms. The van der Waals surface area contributed by atoms with Crippen LogP contribution in [0.4, 0.5) is 0 Å². The van der Waals surface area contributed by atoms with Crippen molar-refractivity contribution in [3.8, 4) is 33.8 Å². The first kappa shape index (κ1) is 15.8. The van der Waals surface area contributed by atoms with Gasteiger partial charge in [-0.25, -0.2) is 0 Å². The van der Waals surface area contributed by atoms with Gasteiger partial charge in [-0.15, -0.1) is 0 Å². The maximum Gasteiger partial charge on any atom is 0.136 e. The lowest BCUT2D eigenvalue weighted by Crippen LogP contribution is -1.97. The molecule has 140 valence electrons. The summed E-state index contributed by atoms with van der Waals surface area (Å²) in [5.41, 5.74) is 6.50. The third-order valence-corrected chi connectivity index (χ3v) is 6.07. The van der Waals surface area contributed by atoms with E-state index < -0.39 is 0 Å². The van der Waals surface area contributed by atoms with E-state index in [-0.39, 0.29) is 0 Å². The molecule has 1 aliphatic rings. The minimum absolute atomic E-state index is 0.897. The fraction of sp³-hybridized carbons (Fsp3) is 0. The number of hydrogen-bond acceptors (Lipinski definition) is 2. The Kier molecular flexibility index (Phi) is 3.03. The van der Waals surface area contributed by atoms with Gasteiger partial charge in [-0.2, -0.15) is 0 Å².